The molecule has 0 unspecified atom stereocenters. The predicted molar refractivity (Wildman–Crippen MR) is 80.7 cm³/mol. The first-order valence-corrected chi connectivity index (χ1v) is 7.43. The van der Waals surface area contributed by atoms with Crippen LogP contribution in [0.3, 0.4) is 0 Å². The fourth-order valence-electron chi connectivity index (χ4n) is 2.58. The second-order valence-corrected chi connectivity index (χ2v) is 5.56. The van der Waals surface area contributed by atoms with Gasteiger partial charge in [-0.15, -0.1) is 0 Å². The van der Waals surface area contributed by atoms with Crippen molar-refractivity contribution in [3.05, 3.63) is 23.8 Å². The molecule has 20 heavy (non-hydrogen) atoms. The average Bonchev–Trinajstić information content (AvgIpc) is 2.69. The molecule has 110 valence electrons. The number of anilines is 1. The van der Waals surface area contributed by atoms with Crippen molar-refractivity contribution in [2.45, 2.75) is 51.5 Å². The number of nitrogens with two attached hydrogens (primary N) is 1. The van der Waals surface area contributed by atoms with Gasteiger partial charge in [-0.3, -0.25) is 4.79 Å². The van der Waals surface area contributed by atoms with Crippen molar-refractivity contribution in [1.29, 1.82) is 0 Å². The molecule has 0 aliphatic heterocycles. The first-order chi connectivity index (χ1) is 9.65. The van der Waals surface area contributed by atoms with Gasteiger partial charge in [-0.2, -0.15) is 0 Å². The van der Waals surface area contributed by atoms with Gasteiger partial charge in [0.2, 0.25) is 0 Å². The summed E-state index contributed by atoms with van der Waals surface area (Å²) in [7, 11) is 0. The van der Waals surface area contributed by atoms with Crippen LogP contribution >= 0.6 is 0 Å². The topological polar surface area (TPSA) is 64.3 Å². The maximum atomic E-state index is 11.9. The summed E-state index contributed by atoms with van der Waals surface area (Å²) in [5.74, 6) is 0.652. The van der Waals surface area contributed by atoms with Crippen LogP contribution in [0.1, 0.15) is 44.1 Å². The third-order valence-electron chi connectivity index (χ3n) is 3.83. The van der Waals surface area contributed by atoms with Gasteiger partial charge in [-0.1, -0.05) is 25.7 Å². The molecule has 0 saturated heterocycles. The molecule has 1 aliphatic carbocycles. The highest BCUT2D eigenvalue weighted by Gasteiger charge is 2.14. The van der Waals surface area contributed by atoms with Gasteiger partial charge < -0.3 is 15.8 Å². The number of benzene rings is 1. The fraction of sp³-hybridized carbons (Fsp3) is 0.562. The van der Waals surface area contributed by atoms with E-state index in [0.717, 1.165) is 24.1 Å². The van der Waals surface area contributed by atoms with Crippen LogP contribution in [0.15, 0.2) is 18.2 Å². The van der Waals surface area contributed by atoms with Crippen molar-refractivity contribution >= 4 is 11.6 Å². The van der Waals surface area contributed by atoms with E-state index in [1.165, 1.54) is 25.7 Å². The number of nitrogen functional groups attached to an aromatic ring is 1. The van der Waals surface area contributed by atoms with Crippen LogP contribution in [0, 0.1) is 6.92 Å². The van der Waals surface area contributed by atoms with E-state index in [0.29, 0.717) is 11.8 Å². The predicted octanol–water partition coefficient (Wildman–Crippen LogP) is 2.80. The lowest BCUT2D eigenvalue weighted by Gasteiger charge is -2.16. The molecule has 1 amide bonds. The second-order valence-electron chi connectivity index (χ2n) is 5.56. The number of hydrogen-bond acceptors (Lipinski definition) is 3. The highest BCUT2D eigenvalue weighted by atomic mass is 16.5. The van der Waals surface area contributed by atoms with Gasteiger partial charge in [-0.25, -0.2) is 0 Å². The maximum absolute atomic E-state index is 11.9. The monoisotopic (exact) mass is 276 g/mol. The van der Waals surface area contributed by atoms with E-state index in [1.54, 1.807) is 12.1 Å². The highest BCUT2D eigenvalue weighted by molar-refractivity contribution is 5.77. The Balaban J connectivity index is 1.77. The van der Waals surface area contributed by atoms with E-state index in [1.807, 2.05) is 13.0 Å². The van der Waals surface area contributed by atoms with Gasteiger partial charge >= 0.3 is 0 Å². The molecule has 1 aliphatic rings. The molecule has 0 heterocycles. The molecular formula is C16H24N2O2. The van der Waals surface area contributed by atoms with Crippen LogP contribution in [-0.2, 0) is 4.79 Å². The van der Waals surface area contributed by atoms with Gasteiger partial charge in [0.1, 0.15) is 5.75 Å². The van der Waals surface area contributed by atoms with Crippen molar-refractivity contribution in [2.24, 2.45) is 0 Å². The molecule has 3 N–H and O–H groups in total. The second kappa shape index (κ2) is 7.17. The summed E-state index contributed by atoms with van der Waals surface area (Å²) in [6.07, 6.45) is 7.17. The lowest BCUT2D eigenvalue weighted by Crippen LogP contribution is -2.37. The van der Waals surface area contributed by atoms with Crippen LogP contribution < -0.4 is 15.8 Å². The van der Waals surface area contributed by atoms with Gasteiger partial charge in [0.05, 0.1) is 0 Å². The molecule has 4 nitrogen and oxygen atoms in total. The van der Waals surface area contributed by atoms with E-state index < -0.39 is 0 Å². The summed E-state index contributed by atoms with van der Waals surface area (Å²) >= 11 is 0. The van der Waals surface area contributed by atoms with Crippen LogP contribution in [0.25, 0.3) is 0 Å². The Hall–Kier alpha value is -1.71. The number of hydrogen-bond donors (Lipinski definition) is 2. The van der Waals surface area contributed by atoms with E-state index in [-0.39, 0.29) is 12.5 Å². The zero-order chi connectivity index (χ0) is 14.4. The Labute approximate surface area is 120 Å². The minimum Gasteiger partial charge on any atom is -0.484 e. The number of rotatable bonds is 4. The van der Waals surface area contributed by atoms with Crippen LogP contribution in [0.4, 0.5) is 5.69 Å². The van der Waals surface area contributed by atoms with Gasteiger partial charge in [0, 0.05) is 11.7 Å². The molecule has 1 saturated carbocycles. The molecule has 4 heteroatoms. The third-order valence-corrected chi connectivity index (χ3v) is 3.83. The van der Waals surface area contributed by atoms with E-state index >= 15 is 0 Å². The van der Waals surface area contributed by atoms with Crippen molar-refractivity contribution < 1.29 is 9.53 Å². The van der Waals surface area contributed by atoms with Crippen molar-refractivity contribution in [1.82, 2.24) is 5.32 Å². The summed E-state index contributed by atoms with van der Waals surface area (Å²) in [6, 6.07) is 5.77. The molecule has 0 atom stereocenters. The van der Waals surface area contributed by atoms with E-state index in [2.05, 4.69) is 5.32 Å². The molecule has 1 aromatic rings. The lowest BCUT2D eigenvalue weighted by molar-refractivity contribution is -0.123. The SMILES string of the molecule is Cc1cc(OCC(=O)NC2CCCCCC2)ccc1N. The van der Waals surface area contributed by atoms with Crippen LogP contribution in [-0.4, -0.2) is 18.6 Å². The fourth-order valence-corrected chi connectivity index (χ4v) is 2.58. The van der Waals surface area contributed by atoms with Crippen LogP contribution in [0.5, 0.6) is 5.75 Å². The summed E-state index contributed by atoms with van der Waals surface area (Å²) in [4.78, 5) is 11.9. The smallest absolute Gasteiger partial charge is 0.258 e. The summed E-state index contributed by atoms with van der Waals surface area (Å²) < 4.78 is 5.51. The Bertz CT molecular complexity index is 452. The Morgan fingerprint density at radius 3 is 2.65 bits per heavy atom. The lowest BCUT2D eigenvalue weighted by atomic mass is 10.1. The number of ether oxygens (including phenoxy) is 1. The molecular weight excluding hydrogens is 252 g/mol. The number of carbonyl (C=O) groups is 1. The summed E-state index contributed by atoms with van der Waals surface area (Å²) in [6.45, 7) is 1.99. The Kier molecular flexibility index (Phi) is 5.27. The standard InChI is InChI=1S/C16H24N2O2/c1-12-10-14(8-9-15(12)17)20-11-16(19)18-13-6-4-2-3-5-7-13/h8-10,13H,2-7,11,17H2,1H3,(H,18,19). The number of carbonyl (C=O) groups excluding carboxylic acids is 1. The molecule has 0 aromatic heterocycles. The number of aryl methyl sites for hydroxylation is 1. The maximum Gasteiger partial charge on any atom is 0.258 e. The van der Waals surface area contributed by atoms with E-state index in [9.17, 15) is 4.79 Å². The van der Waals surface area contributed by atoms with Gasteiger partial charge in [0.15, 0.2) is 6.61 Å². The zero-order valence-electron chi connectivity index (χ0n) is 12.2. The molecule has 0 bridgehead atoms. The molecule has 0 spiro atoms. The first-order valence-electron chi connectivity index (χ1n) is 7.43. The summed E-state index contributed by atoms with van der Waals surface area (Å²) in [5, 5.41) is 3.07. The molecule has 1 fully saturated rings. The molecule has 0 radical (unpaired) electrons. The minimum atomic E-state index is -0.0358. The van der Waals surface area contributed by atoms with E-state index in [4.69, 9.17) is 10.5 Å². The average molecular weight is 276 g/mol. The molecule has 2 rings (SSSR count). The first kappa shape index (κ1) is 14.7. The van der Waals surface area contributed by atoms with Crippen LogP contribution in [0.2, 0.25) is 0 Å². The third kappa shape index (κ3) is 4.44. The Morgan fingerprint density at radius 1 is 1.30 bits per heavy atom. The highest BCUT2D eigenvalue weighted by Crippen LogP contribution is 2.19. The number of amides is 1. The van der Waals surface area contributed by atoms with Crippen molar-refractivity contribution in [2.75, 3.05) is 12.3 Å². The number of nitrogens with one attached hydrogen (secondary N) is 1. The minimum absolute atomic E-state index is 0.0358. The van der Waals surface area contributed by atoms with Gasteiger partial charge in [0.25, 0.3) is 5.91 Å². The largest absolute Gasteiger partial charge is 0.484 e. The van der Waals surface area contributed by atoms with Gasteiger partial charge in [-0.05, 0) is 43.5 Å². The quantitative estimate of drug-likeness (QED) is 0.656. The molecule has 1 aromatic carbocycles. The normalized spacial score (nSPS) is 16.4. The zero-order valence-corrected chi connectivity index (χ0v) is 12.2. The van der Waals surface area contributed by atoms with Crippen molar-refractivity contribution in [3.63, 3.8) is 0 Å². The van der Waals surface area contributed by atoms with Crippen molar-refractivity contribution in [3.8, 4) is 5.75 Å². The Morgan fingerprint density at radius 2 is 2.00 bits per heavy atom. The summed E-state index contributed by atoms with van der Waals surface area (Å²) in [5.41, 5.74) is 7.45.